The molecule has 0 fully saturated rings. The van der Waals surface area contributed by atoms with E-state index in [4.69, 9.17) is 15.9 Å². The fourth-order valence-electron chi connectivity index (χ4n) is 1.08. The van der Waals surface area contributed by atoms with E-state index in [1.165, 1.54) is 7.11 Å². The van der Waals surface area contributed by atoms with Crippen molar-refractivity contribution in [3.8, 4) is 11.5 Å². The van der Waals surface area contributed by atoms with Crippen molar-refractivity contribution in [1.82, 2.24) is 0 Å². The van der Waals surface area contributed by atoms with E-state index >= 15 is 0 Å². The molecule has 0 saturated carbocycles. The van der Waals surface area contributed by atoms with E-state index in [1.807, 2.05) is 0 Å². The second kappa shape index (κ2) is 3.80. The van der Waals surface area contributed by atoms with Gasteiger partial charge in [-0.25, -0.2) is 0 Å². The third-order valence-electron chi connectivity index (χ3n) is 1.68. The molecule has 0 aromatic heterocycles. The number of hydrogen-bond donors (Lipinski definition) is 3. The van der Waals surface area contributed by atoms with E-state index in [0.717, 1.165) is 0 Å². The predicted molar refractivity (Wildman–Crippen MR) is 50.3 cm³/mol. The standard InChI is InChI=1S/C9H12N2O2/c1-13-7-4-2-3-6(9(7)12)5-8(10)11/h2-4,12H,5H2,1H3,(H3,10,11). The minimum atomic E-state index is 0.0172. The van der Waals surface area contributed by atoms with Crippen molar-refractivity contribution < 1.29 is 9.84 Å². The number of rotatable bonds is 3. The summed E-state index contributed by atoms with van der Waals surface area (Å²) in [4.78, 5) is 0. The van der Waals surface area contributed by atoms with Crippen LogP contribution in [0.3, 0.4) is 0 Å². The molecular weight excluding hydrogens is 168 g/mol. The molecular formula is C9H12N2O2. The Balaban J connectivity index is 3.01. The van der Waals surface area contributed by atoms with Gasteiger partial charge in [0, 0.05) is 12.0 Å². The van der Waals surface area contributed by atoms with E-state index in [-0.39, 0.29) is 18.0 Å². The van der Waals surface area contributed by atoms with Crippen LogP contribution in [0.15, 0.2) is 18.2 Å². The number of methoxy groups -OCH3 is 1. The minimum absolute atomic E-state index is 0.0172. The quantitative estimate of drug-likeness (QED) is 0.477. The Kier molecular flexibility index (Phi) is 2.74. The second-order valence-corrected chi connectivity index (χ2v) is 2.67. The van der Waals surface area contributed by atoms with Crippen LogP contribution in [0, 0.1) is 5.41 Å². The lowest BCUT2D eigenvalue weighted by Crippen LogP contribution is -2.12. The van der Waals surface area contributed by atoms with Crippen LogP contribution in [-0.4, -0.2) is 18.1 Å². The Hall–Kier alpha value is -1.71. The molecule has 1 rings (SSSR count). The van der Waals surface area contributed by atoms with Gasteiger partial charge in [0.25, 0.3) is 0 Å². The van der Waals surface area contributed by atoms with Gasteiger partial charge in [-0.1, -0.05) is 12.1 Å². The number of para-hydroxylation sites is 1. The predicted octanol–water partition coefficient (Wildman–Crippen LogP) is 0.879. The van der Waals surface area contributed by atoms with E-state index in [1.54, 1.807) is 18.2 Å². The van der Waals surface area contributed by atoms with Gasteiger partial charge < -0.3 is 15.6 Å². The first-order valence-corrected chi connectivity index (χ1v) is 3.83. The number of hydrogen-bond acceptors (Lipinski definition) is 3. The summed E-state index contributed by atoms with van der Waals surface area (Å²) in [6, 6.07) is 5.11. The SMILES string of the molecule is COc1cccc(CC(=N)N)c1O. The van der Waals surface area contributed by atoms with Gasteiger partial charge in [-0.2, -0.15) is 0 Å². The number of aromatic hydroxyl groups is 1. The molecule has 0 aliphatic rings. The molecule has 0 atom stereocenters. The van der Waals surface area contributed by atoms with Gasteiger partial charge in [0.2, 0.25) is 0 Å². The summed E-state index contributed by atoms with van der Waals surface area (Å²) in [5, 5.41) is 16.6. The average molecular weight is 180 g/mol. The monoisotopic (exact) mass is 180 g/mol. The van der Waals surface area contributed by atoms with Gasteiger partial charge in [-0.3, -0.25) is 5.41 Å². The lowest BCUT2D eigenvalue weighted by atomic mass is 10.1. The smallest absolute Gasteiger partial charge is 0.161 e. The van der Waals surface area contributed by atoms with Crippen molar-refractivity contribution in [2.45, 2.75) is 6.42 Å². The Morgan fingerprint density at radius 3 is 2.85 bits per heavy atom. The first-order chi connectivity index (χ1) is 6.15. The van der Waals surface area contributed by atoms with Crippen molar-refractivity contribution in [3.63, 3.8) is 0 Å². The first-order valence-electron chi connectivity index (χ1n) is 3.83. The summed E-state index contributed by atoms with van der Waals surface area (Å²) in [6.45, 7) is 0. The van der Waals surface area contributed by atoms with Crippen LogP contribution in [0.25, 0.3) is 0 Å². The molecule has 4 nitrogen and oxygen atoms in total. The van der Waals surface area contributed by atoms with Gasteiger partial charge in [-0.15, -0.1) is 0 Å². The van der Waals surface area contributed by atoms with Crippen molar-refractivity contribution in [2.24, 2.45) is 5.73 Å². The fourth-order valence-corrected chi connectivity index (χ4v) is 1.08. The Morgan fingerprint density at radius 1 is 1.62 bits per heavy atom. The highest BCUT2D eigenvalue weighted by Gasteiger charge is 2.07. The molecule has 4 N–H and O–H groups in total. The highest BCUT2D eigenvalue weighted by atomic mass is 16.5. The van der Waals surface area contributed by atoms with Crippen LogP contribution < -0.4 is 10.5 Å². The molecule has 0 unspecified atom stereocenters. The molecule has 4 heteroatoms. The van der Waals surface area contributed by atoms with E-state index < -0.39 is 0 Å². The summed E-state index contributed by atoms with van der Waals surface area (Å²) in [7, 11) is 1.48. The topological polar surface area (TPSA) is 79.3 Å². The fraction of sp³-hybridized carbons (Fsp3) is 0.222. The zero-order valence-corrected chi connectivity index (χ0v) is 7.37. The zero-order valence-electron chi connectivity index (χ0n) is 7.37. The van der Waals surface area contributed by atoms with Crippen LogP contribution >= 0.6 is 0 Å². The van der Waals surface area contributed by atoms with E-state index in [2.05, 4.69) is 0 Å². The molecule has 13 heavy (non-hydrogen) atoms. The van der Waals surface area contributed by atoms with Gasteiger partial charge in [-0.05, 0) is 6.07 Å². The Bertz CT molecular complexity index is 323. The minimum Gasteiger partial charge on any atom is -0.504 e. The molecule has 0 radical (unpaired) electrons. The van der Waals surface area contributed by atoms with Crippen LogP contribution in [0.1, 0.15) is 5.56 Å². The highest BCUT2D eigenvalue weighted by molar-refractivity contribution is 5.80. The maximum absolute atomic E-state index is 9.56. The number of nitrogens with two attached hydrogens (primary N) is 1. The zero-order chi connectivity index (χ0) is 9.84. The van der Waals surface area contributed by atoms with Gasteiger partial charge in [0.1, 0.15) is 0 Å². The van der Waals surface area contributed by atoms with Gasteiger partial charge in [0.15, 0.2) is 11.5 Å². The van der Waals surface area contributed by atoms with Crippen molar-refractivity contribution in [2.75, 3.05) is 7.11 Å². The van der Waals surface area contributed by atoms with Gasteiger partial charge >= 0.3 is 0 Å². The van der Waals surface area contributed by atoms with Crippen molar-refractivity contribution in [1.29, 1.82) is 5.41 Å². The lowest BCUT2D eigenvalue weighted by Gasteiger charge is -2.07. The summed E-state index contributed by atoms with van der Waals surface area (Å²) < 4.78 is 4.91. The number of nitrogens with one attached hydrogen (secondary N) is 1. The maximum atomic E-state index is 9.56. The summed E-state index contributed by atoms with van der Waals surface area (Å²) in [5.74, 6) is 0.475. The lowest BCUT2D eigenvalue weighted by molar-refractivity contribution is 0.371. The second-order valence-electron chi connectivity index (χ2n) is 2.67. The van der Waals surface area contributed by atoms with Crippen LogP contribution in [0.2, 0.25) is 0 Å². The number of phenols is 1. The summed E-state index contributed by atoms with van der Waals surface area (Å²) >= 11 is 0. The molecule has 0 amide bonds. The number of ether oxygens (including phenoxy) is 1. The molecule has 0 aliphatic heterocycles. The molecule has 0 spiro atoms. The normalized spacial score (nSPS) is 9.62. The highest BCUT2D eigenvalue weighted by Crippen LogP contribution is 2.29. The molecule has 1 aromatic carbocycles. The molecule has 1 aromatic rings. The number of phenolic OH excluding ortho intramolecular Hbond substituents is 1. The third kappa shape index (κ3) is 2.11. The Labute approximate surface area is 76.5 Å². The van der Waals surface area contributed by atoms with Crippen molar-refractivity contribution in [3.05, 3.63) is 23.8 Å². The summed E-state index contributed by atoms with van der Waals surface area (Å²) in [6.07, 6.45) is 0.239. The molecule has 0 saturated heterocycles. The molecule has 70 valence electrons. The average Bonchev–Trinajstić information content (AvgIpc) is 2.08. The van der Waals surface area contributed by atoms with E-state index in [9.17, 15) is 5.11 Å². The largest absolute Gasteiger partial charge is 0.504 e. The summed E-state index contributed by atoms with van der Waals surface area (Å²) in [5.41, 5.74) is 5.82. The van der Waals surface area contributed by atoms with Crippen LogP contribution in [0.5, 0.6) is 11.5 Å². The van der Waals surface area contributed by atoms with Crippen LogP contribution in [0.4, 0.5) is 0 Å². The van der Waals surface area contributed by atoms with Crippen LogP contribution in [-0.2, 0) is 6.42 Å². The third-order valence-corrected chi connectivity index (χ3v) is 1.68. The Morgan fingerprint density at radius 2 is 2.31 bits per heavy atom. The van der Waals surface area contributed by atoms with Gasteiger partial charge in [0.05, 0.1) is 12.9 Å². The molecule has 0 aliphatic carbocycles. The van der Waals surface area contributed by atoms with E-state index in [0.29, 0.717) is 11.3 Å². The number of amidine groups is 1. The number of benzene rings is 1. The molecule has 0 bridgehead atoms. The molecule has 0 heterocycles. The maximum Gasteiger partial charge on any atom is 0.161 e. The van der Waals surface area contributed by atoms with Crippen molar-refractivity contribution >= 4 is 5.84 Å². The first kappa shape index (κ1) is 9.38.